The number of fused-ring (bicyclic) bond motifs is 3. The molecule has 0 aliphatic heterocycles. The third-order valence-corrected chi connectivity index (χ3v) is 6.77. The van der Waals surface area contributed by atoms with Crippen LogP contribution in [0.25, 0.3) is 21.8 Å². The third-order valence-electron chi connectivity index (χ3n) is 4.92. The summed E-state index contributed by atoms with van der Waals surface area (Å²) in [5, 5.41) is 13.0. The average Bonchev–Trinajstić information content (AvgIpc) is 3.10. The molecule has 0 aliphatic rings. The number of benzene rings is 1. The molecular weight excluding hydrogens is 432 g/mol. The Morgan fingerprint density at radius 2 is 2.03 bits per heavy atom. The van der Waals surface area contributed by atoms with Crippen molar-refractivity contribution >= 4 is 50.2 Å². The second-order valence-corrected chi connectivity index (χ2v) is 8.95. The van der Waals surface area contributed by atoms with E-state index in [9.17, 15) is 18.0 Å². The highest BCUT2D eigenvalue weighted by Gasteiger charge is 2.22. The number of hydrogen-bond donors (Lipinski definition) is 4. The number of likely N-dealkylation sites (N-methyl/N-ethyl adjacent to an activating group) is 2. The molecule has 0 saturated carbocycles. The molecule has 164 valence electrons. The molecule has 2 aromatic heterocycles. The van der Waals surface area contributed by atoms with Gasteiger partial charge in [0.05, 0.1) is 4.90 Å². The first kappa shape index (κ1) is 23.9. The number of aliphatic carboxylic acids is 1. The van der Waals surface area contributed by atoms with E-state index in [-0.39, 0.29) is 29.3 Å². The van der Waals surface area contributed by atoms with Crippen molar-refractivity contribution in [3.05, 3.63) is 40.3 Å². The maximum Gasteiger partial charge on any atom is 0.303 e. The van der Waals surface area contributed by atoms with Crippen LogP contribution in [0.4, 0.5) is 0 Å². The van der Waals surface area contributed by atoms with E-state index >= 15 is 0 Å². The van der Waals surface area contributed by atoms with Gasteiger partial charge in [0.25, 0.3) is 5.56 Å². The number of hydrogen-bond acceptors (Lipinski definition) is 5. The van der Waals surface area contributed by atoms with Crippen LogP contribution < -0.4 is 10.9 Å². The van der Waals surface area contributed by atoms with Crippen molar-refractivity contribution in [2.24, 2.45) is 0 Å². The summed E-state index contributed by atoms with van der Waals surface area (Å²) in [6.07, 6.45) is 2.58. The number of carboxylic acids is 1. The van der Waals surface area contributed by atoms with E-state index in [1.807, 2.05) is 0 Å². The van der Waals surface area contributed by atoms with Gasteiger partial charge in [0.2, 0.25) is 10.0 Å². The molecule has 1 aromatic carbocycles. The van der Waals surface area contributed by atoms with Crippen molar-refractivity contribution in [2.45, 2.75) is 24.2 Å². The molecule has 0 aliphatic carbocycles. The van der Waals surface area contributed by atoms with Crippen LogP contribution in [0.2, 0.25) is 0 Å². The summed E-state index contributed by atoms with van der Waals surface area (Å²) in [6.45, 7) is 0.842. The van der Waals surface area contributed by atoms with Crippen LogP contribution in [0.1, 0.15) is 18.4 Å². The zero-order chi connectivity index (χ0) is 21.2. The van der Waals surface area contributed by atoms with E-state index in [1.54, 1.807) is 25.4 Å². The smallest absolute Gasteiger partial charge is 0.303 e. The van der Waals surface area contributed by atoms with Crippen molar-refractivity contribution < 1.29 is 18.3 Å². The third kappa shape index (κ3) is 4.67. The van der Waals surface area contributed by atoms with E-state index < -0.39 is 16.0 Å². The molecule has 0 saturated heterocycles. The number of carbonyl (C=O) groups is 1. The molecule has 0 amide bonds. The number of halogens is 1. The maximum atomic E-state index is 12.9. The van der Waals surface area contributed by atoms with E-state index in [0.717, 1.165) is 5.56 Å². The number of carboxylic acid groups (broad SMARTS) is 1. The largest absolute Gasteiger partial charge is 0.481 e. The van der Waals surface area contributed by atoms with Gasteiger partial charge in [-0.2, -0.15) is 4.31 Å². The average molecular weight is 457 g/mol. The monoisotopic (exact) mass is 456 g/mol. The second kappa shape index (κ2) is 9.61. The fourth-order valence-corrected chi connectivity index (χ4v) is 4.53. The maximum absolute atomic E-state index is 12.9. The predicted octanol–water partition coefficient (Wildman–Crippen LogP) is 1.68. The lowest BCUT2D eigenvalue weighted by Crippen LogP contribution is -2.32. The summed E-state index contributed by atoms with van der Waals surface area (Å²) in [6, 6.07) is 4.63. The number of sulfonamides is 1. The molecular formula is C19H25ClN4O5S. The van der Waals surface area contributed by atoms with Crippen molar-refractivity contribution in [2.75, 3.05) is 27.2 Å². The molecule has 0 atom stereocenters. The molecule has 0 unspecified atom stereocenters. The summed E-state index contributed by atoms with van der Waals surface area (Å²) in [5.41, 5.74) is 1.36. The Bertz CT molecular complexity index is 1220. The summed E-state index contributed by atoms with van der Waals surface area (Å²) in [7, 11) is -0.420. The number of H-pyrrole nitrogens is 2. The summed E-state index contributed by atoms with van der Waals surface area (Å²) in [5.74, 6) is -0.884. The Labute approximate surface area is 179 Å². The van der Waals surface area contributed by atoms with Crippen molar-refractivity contribution in [3.63, 3.8) is 0 Å². The lowest BCUT2D eigenvalue weighted by atomic mass is 10.0. The Morgan fingerprint density at radius 3 is 2.70 bits per heavy atom. The van der Waals surface area contributed by atoms with Gasteiger partial charge in [-0.25, -0.2) is 8.42 Å². The van der Waals surface area contributed by atoms with Crippen LogP contribution in [0.3, 0.4) is 0 Å². The van der Waals surface area contributed by atoms with Crippen LogP contribution in [-0.4, -0.2) is 61.0 Å². The topological polar surface area (TPSA) is 135 Å². The fourth-order valence-electron chi connectivity index (χ4n) is 3.33. The van der Waals surface area contributed by atoms with Crippen LogP contribution in [-0.2, 0) is 21.2 Å². The normalized spacial score (nSPS) is 11.8. The number of nitrogens with zero attached hydrogens (tertiary/aromatic N) is 1. The molecule has 2 heterocycles. The van der Waals surface area contributed by atoms with Crippen LogP contribution in [0.15, 0.2) is 34.1 Å². The lowest BCUT2D eigenvalue weighted by Gasteiger charge is -2.17. The van der Waals surface area contributed by atoms with Gasteiger partial charge in [0.15, 0.2) is 0 Å². The molecule has 11 heteroatoms. The number of nitrogens with one attached hydrogen (secondary N) is 3. The van der Waals surface area contributed by atoms with E-state index in [1.165, 1.54) is 17.4 Å². The molecule has 0 fully saturated rings. The van der Waals surface area contributed by atoms with Crippen LogP contribution in [0.5, 0.6) is 0 Å². The number of aromatic amines is 2. The minimum Gasteiger partial charge on any atom is -0.481 e. The molecule has 30 heavy (non-hydrogen) atoms. The van der Waals surface area contributed by atoms with Gasteiger partial charge in [-0.15, -0.1) is 12.4 Å². The van der Waals surface area contributed by atoms with E-state index in [0.29, 0.717) is 47.7 Å². The first-order valence-electron chi connectivity index (χ1n) is 9.24. The standard InChI is InChI=1S/C19H24N4O5S.ClH/c1-20-8-9-23(2)29(27,28)13-6-7-15-14(10-13)17-12(4-3-5-16(24)25)11-21-18(17)19(26)22-15;/h6-7,10-11,20-21H,3-5,8-9H2,1-2H3,(H,22,26)(H,24,25);1H. The number of pyridine rings is 1. The van der Waals surface area contributed by atoms with Gasteiger partial charge in [-0.3, -0.25) is 9.59 Å². The summed E-state index contributed by atoms with van der Waals surface area (Å²) in [4.78, 5) is 29.0. The molecule has 0 bridgehead atoms. The minimum atomic E-state index is -3.69. The highest BCUT2D eigenvalue weighted by atomic mass is 35.5. The van der Waals surface area contributed by atoms with E-state index in [4.69, 9.17) is 5.11 Å². The lowest BCUT2D eigenvalue weighted by molar-refractivity contribution is -0.137. The van der Waals surface area contributed by atoms with Gasteiger partial charge in [0, 0.05) is 49.0 Å². The Hall–Kier alpha value is -2.40. The first-order chi connectivity index (χ1) is 13.8. The van der Waals surface area contributed by atoms with Crippen LogP contribution >= 0.6 is 12.4 Å². The molecule has 0 radical (unpaired) electrons. The van der Waals surface area contributed by atoms with Gasteiger partial charge >= 0.3 is 5.97 Å². The Morgan fingerprint density at radius 1 is 1.30 bits per heavy atom. The molecule has 4 N–H and O–H groups in total. The minimum absolute atomic E-state index is 0. The fraction of sp³-hybridized carbons (Fsp3) is 0.368. The van der Waals surface area contributed by atoms with Gasteiger partial charge < -0.3 is 20.4 Å². The molecule has 3 rings (SSSR count). The highest BCUT2D eigenvalue weighted by molar-refractivity contribution is 7.89. The second-order valence-electron chi connectivity index (χ2n) is 6.90. The first-order valence-corrected chi connectivity index (χ1v) is 10.7. The highest BCUT2D eigenvalue weighted by Crippen LogP contribution is 2.28. The predicted molar refractivity (Wildman–Crippen MR) is 118 cm³/mol. The van der Waals surface area contributed by atoms with Gasteiger partial charge in [0.1, 0.15) is 5.52 Å². The summed E-state index contributed by atoms with van der Waals surface area (Å²) >= 11 is 0. The molecule has 3 aromatic rings. The van der Waals surface area contributed by atoms with Crippen molar-refractivity contribution in [1.82, 2.24) is 19.6 Å². The number of rotatable bonds is 9. The molecule has 0 spiro atoms. The Balaban J connectivity index is 0.00000320. The zero-order valence-electron chi connectivity index (χ0n) is 16.7. The Kier molecular flexibility index (Phi) is 7.64. The van der Waals surface area contributed by atoms with Crippen molar-refractivity contribution in [3.8, 4) is 0 Å². The zero-order valence-corrected chi connectivity index (χ0v) is 18.3. The van der Waals surface area contributed by atoms with Crippen LogP contribution in [0, 0.1) is 0 Å². The molecule has 9 nitrogen and oxygen atoms in total. The quantitative estimate of drug-likeness (QED) is 0.387. The SMILES string of the molecule is CNCCN(C)S(=O)(=O)c1ccc2[nH]c(=O)c3[nH]cc(CCCC(=O)O)c3c2c1.Cl. The van der Waals surface area contributed by atoms with Crippen molar-refractivity contribution in [1.29, 1.82) is 0 Å². The number of aryl methyl sites for hydroxylation is 1. The summed E-state index contributed by atoms with van der Waals surface area (Å²) < 4.78 is 27.1. The van der Waals surface area contributed by atoms with E-state index in [2.05, 4.69) is 15.3 Å². The number of aromatic nitrogens is 2. The van der Waals surface area contributed by atoms with Gasteiger partial charge in [-0.1, -0.05) is 0 Å². The van der Waals surface area contributed by atoms with Gasteiger partial charge in [-0.05, 0) is 43.7 Å².